The van der Waals surface area contributed by atoms with Gasteiger partial charge in [-0.05, 0) is 55.7 Å². The first kappa shape index (κ1) is 22.9. The standard InChI is InChI=1S/C24H21ClIN5S/c1-14-28-22(30-17-9-7-16(8-10-17)24(2,3)13-27)21-23(29-14)32-20(31-21)11-18-15(12-26)5-4-6-19(18)25/h4-10H,11-12H2,1-3H3,(H,28,29,30). The molecule has 0 amide bonds. The van der Waals surface area contributed by atoms with E-state index in [0.717, 1.165) is 41.6 Å². The van der Waals surface area contributed by atoms with Crippen LogP contribution in [0.5, 0.6) is 0 Å². The van der Waals surface area contributed by atoms with Gasteiger partial charge in [0.25, 0.3) is 0 Å². The number of aryl methyl sites for hydroxylation is 1. The quantitative estimate of drug-likeness (QED) is 0.196. The minimum Gasteiger partial charge on any atom is -0.338 e. The number of anilines is 2. The molecule has 32 heavy (non-hydrogen) atoms. The Morgan fingerprint density at radius 2 is 1.88 bits per heavy atom. The highest BCUT2D eigenvalue weighted by atomic mass is 127. The van der Waals surface area contributed by atoms with Gasteiger partial charge in [0.05, 0.1) is 11.5 Å². The Kier molecular flexibility index (Phi) is 6.65. The number of nitriles is 1. The van der Waals surface area contributed by atoms with E-state index in [4.69, 9.17) is 16.6 Å². The summed E-state index contributed by atoms with van der Waals surface area (Å²) in [6.07, 6.45) is 0.662. The Hall–Kier alpha value is -2.28. The number of hydrogen-bond acceptors (Lipinski definition) is 6. The topological polar surface area (TPSA) is 74.5 Å². The minimum atomic E-state index is -0.531. The van der Waals surface area contributed by atoms with E-state index in [1.165, 1.54) is 5.56 Å². The zero-order chi connectivity index (χ0) is 22.9. The number of hydrogen-bond donors (Lipinski definition) is 1. The summed E-state index contributed by atoms with van der Waals surface area (Å²) in [6.45, 7) is 5.70. The molecule has 0 aliphatic rings. The van der Waals surface area contributed by atoms with Gasteiger partial charge in [-0.25, -0.2) is 15.0 Å². The summed E-state index contributed by atoms with van der Waals surface area (Å²) in [5, 5.41) is 14.5. The Labute approximate surface area is 210 Å². The van der Waals surface area contributed by atoms with Crippen LogP contribution in [0.15, 0.2) is 42.5 Å². The third kappa shape index (κ3) is 4.72. The fraction of sp³-hybridized carbons (Fsp3) is 0.250. The van der Waals surface area contributed by atoms with Gasteiger partial charge in [0.15, 0.2) is 5.82 Å². The maximum atomic E-state index is 9.36. The van der Waals surface area contributed by atoms with Gasteiger partial charge < -0.3 is 5.32 Å². The van der Waals surface area contributed by atoms with Gasteiger partial charge in [-0.2, -0.15) is 5.26 Å². The molecule has 2 aromatic carbocycles. The van der Waals surface area contributed by atoms with E-state index in [1.54, 1.807) is 11.3 Å². The van der Waals surface area contributed by atoms with E-state index in [9.17, 15) is 5.26 Å². The molecule has 0 atom stereocenters. The SMILES string of the molecule is Cc1nc(Nc2ccc(C(C)(C)C#N)cc2)c2nc(Cc3c(Cl)cccc3CI)sc2n1. The average Bonchev–Trinajstić information content (AvgIpc) is 3.18. The molecule has 4 aromatic rings. The monoisotopic (exact) mass is 573 g/mol. The fourth-order valence-corrected chi connectivity index (χ4v) is 5.35. The fourth-order valence-electron chi connectivity index (χ4n) is 3.38. The van der Waals surface area contributed by atoms with Crippen molar-refractivity contribution in [2.75, 3.05) is 5.32 Å². The highest BCUT2D eigenvalue weighted by Crippen LogP contribution is 2.32. The molecule has 0 fully saturated rings. The summed E-state index contributed by atoms with van der Waals surface area (Å²) >= 11 is 10.4. The number of nitrogens with zero attached hydrogens (tertiary/aromatic N) is 4. The van der Waals surface area contributed by atoms with Crippen LogP contribution in [-0.2, 0) is 16.3 Å². The second kappa shape index (κ2) is 9.30. The van der Waals surface area contributed by atoms with Gasteiger partial charge in [-0.1, -0.05) is 69.8 Å². The summed E-state index contributed by atoms with van der Waals surface area (Å²) in [4.78, 5) is 14.9. The molecule has 1 N–H and O–H groups in total. The number of thiazole rings is 1. The van der Waals surface area contributed by atoms with E-state index >= 15 is 0 Å². The molecule has 0 spiro atoms. The predicted octanol–water partition coefficient (Wildman–Crippen LogP) is 7.12. The van der Waals surface area contributed by atoms with E-state index in [2.05, 4.69) is 50.0 Å². The predicted molar refractivity (Wildman–Crippen MR) is 140 cm³/mol. The molecule has 162 valence electrons. The van der Waals surface area contributed by atoms with Crippen LogP contribution in [0.1, 0.15) is 41.4 Å². The molecule has 2 aromatic heterocycles. The molecule has 0 saturated heterocycles. The molecule has 2 heterocycles. The number of aromatic nitrogens is 3. The highest BCUT2D eigenvalue weighted by molar-refractivity contribution is 14.1. The van der Waals surface area contributed by atoms with Crippen LogP contribution in [0.25, 0.3) is 10.3 Å². The molecule has 5 nitrogen and oxygen atoms in total. The summed E-state index contributed by atoms with van der Waals surface area (Å²) in [7, 11) is 0. The second-order valence-corrected chi connectivity index (χ2v) is 10.2. The van der Waals surface area contributed by atoms with Crippen LogP contribution in [0.2, 0.25) is 5.02 Å². The van der Waals surface area contributed by atoms with E-state index in [1.807, 2.05) is 57.2 Å². The Morgan fingerprint density at radius 3 is 2.56 bits per heavy atom. The van der Waals surface area contributed by atoms with Crippen LogP contribution < -0.4 is 5.32 Å². The van der Waals surface area contributed by atoms with Gasteiger partial charge in [0, 0.05) is 21.6 Å². The van der Waals surface area contributed by atoms with Crippen molar-refractivity contribution in [3.05, 3.63) is 75.0 Å². The van der Waals surface area contributed by atoms with Crippen molar-refractivity contribution >= 4 is 67.4 Å². The number of halogens is 2. The summed E-state index contributed by atoms with van der Waals surface area (Å²) in [5.74, 6) is 1.36. The lowest BCUT2D eigenvalue weighted by Gasteiger charge is -2.16. The number of alkyl halides is 1. The summed E-state index contributed by atoms with van der Waals surface area (Å²) < 4.78 is 0.892. The second-order valence-electron chi connectivity index (χ2n) is 8.01. The first-order valence-corrected chi connectivity index (χ1v) is 12.8. The van der Waals surface area contributed by atoms with Crippen molar-refractivity contribution in [1.82, 2.24) is 15.0 Å². The van der Waals surface area contributed by atoms with Gasteiger partial charge in [0.2, 0.25) is 0 Å². The molecule has 0 aliphatic heterocycles. The van der Waals surface area contributed by atoms with Crippen molar-refractivity contribution < 1.29 is 0 Å². The summed E-state index contributed by atoms with van der Waals surface area (Å²) in [6, 6.07) is 16.2. The molecule has 0 bridgehead atoms. The lowest BCUT2D eigenvalue weighted by molar-refractivity contribution is 0.687. The molecule has 0 aliphatic carbocycles. The van der Waals surface area contributed by atoms with Crippen molar-refractivity contribution in [1.29, 1.82) is 5.26 Å². The Balaban J connectivity index is 1.67. The van der Waals surface area contributed by atoms with Gasteiger partial charge in [0.1, 0.15) is 21.2 Å². The highest BCUT2D eigenvalue weighted by Gasteiger charge is 2.20. The Morgan fingerprint density at radius 1 is 1.12 bits per heavy atom. The third-order valence-corrected chi connectivity index (χ3v) is 7.38. The Bertz CT molecular complexity index is 1320. The third-order valence-electron chi connectivity index (χ3n) is 5.25. The van der Waals surface area contributed by atoms with Crippen molar-refractivity contribution in [2.24, 2.45) is 0 Å². The molecule has 0 saturated carbocycles. The number of nitrogens with one attached hydrogen (secondary N) is 1. The van der Waals surface area contributed by atoms with Gasteiger partial charge in [-0.3, -0.25) is 0 Å². The molecule has 8 heteroatoms. The lowest BCUT2D eigenvalue weighted by Crippen LogP contribution is -2.13. The maximum absolute atomic E-state index is 9.36. The minimum absolute atomic E-state index is 0.531. The zero-order valence-corrected chi connectivity index (χ0v) is 21.6. The molecular formula is C24H21ClIN5S. The molecule has 0 unspecified atom stereocenters. The number of benzene rings is 2. The van der Waals surface area contributed by atoms with Gasteiger partial charge >= 0.3 is 0 Å². The van der Waals surface area contributed by atoms with Crippen molar-refractivity contribution in [2.45, 2.75) is 37.0 Å². The first-order chi connectivity index (χ1) is 15.3. The number of fused-ring (bicyclic) bond motifs is 1. The molecular weight excluding hydrogens is 553 g/mol. The maximum Gasteiger partial charge on any atom is 0.161 e. The zero-order valence-electron chi connectivity index (χ0n) is 17.9. The first-order valence-electron chi connectivity index (χ1n) is 10.1. The van der Waals surface area contributed by atoms with Crippen LogP contribution in [0.4, 0.5) is 11.5 Å². The van der Waals surface area contributed by atoms with Crippen molar-refractivity contribution in [3.63, 3.8) is 0 Å². The largest absolute Gasteiger partial charge is 0.338 e. The van der Waals surface area contributed by atoms with Crippen LogP contribution in [-0.4, -0.2) is 15.0 Å². The lowest BCUT2D eigenvalue weighted by atomic mass is 9.86. The average molecular weight is 574 g/mol. The van der Waals surface area contributed by atoms with Gasteiger partial charge in [-0.15, -0.1) is 0 Å². The van der Waals surface area contributed by atoms with E-state index in [0.29, 0.717) is 18.1 Å². The van der Waals surface area contributed by atoms with Crippen LogP contribution >= 0.6 is 45.5 Å². The van der Waals surface area contributed by atoms with E-state index in [-0.39, 0.29) is 0 Å². The number of rotatable bonds is 6. The van der Waals surface area contributed by atoms with Crippen LogP contribution in [0, 0.1) is 18.3 Å². The molecule has 0 radical (unpaired) electrons. The molecule has 4 rings (SSSR count). The van der Waals surface area contributed by atoms with Crippen molar-refractivity contribution in [3.8, 4) is 6.07 Å². The summed E-state index contributed by atoms with van der Waals surface area (Å²) in [5.41, 5.74) is 4.40. The van der Waals surface area contributed by atoms with Crippen LogP contribution in [0.3, 0.4) is 0 Å². The normalized spacial score (nSPS) is 11.5. The smallest absolute Gasteiger partial charge is 0.161 e. The van der Waals surface area contributed by atoms with E-state index < -0.39 is 5.41 Å².